The predicted octanol–water partition coefficient (Wildman–Crippen LogP) is 2.80. The van der Waals surface area contributed by atoms with Gasteiger partial charge in [0.05, 0.1) is 12.3 Å². The molecule has 1 N–H and O–H groups in total. The number of ether oxygens (including phenoxy) is 1. The Morgan fingerprint density at radius 3 is 2.68 bits per heavy atom. The maximum atomic E-state index is 11.7. The molecule has 0 radical (unpaired) electrons. The van der Waals surface area contributed by atoms with Crippen LogP contribution in [0.15, 0.2) is 29.4 Å². The molecule has 2 heterocycles. The number of hydrogen-bond acceptors (Lipinski definition) is 4. The molecule has 25 heavy (non-hydrogen) atoms. The smallest absolute Gasteiger partial charge is 0.243 e. The predicted molar refractivity (Wildman–Crippen MR) is 97.7 cm³/mol. The van der Waals surface area contributed by atoms with Crippen LogP contribution >= 0.6 is 0 Å². The van der Waals surface area contributed by atoms with Crippen molar-refractivity contribution < 1.29 is 9.53 Å². The second kappa shape index (κ2) is 7.16. The molecule has 0 aromatic heterocycles. The Bertz CT molecular complexity index is 655. The average molecular weight is 341 g/mol. The molecule has 2 aliphatic heterocycles. The number of hydrazone groups is 1. The number of likely N-dealkylation sites (tertiary alicyclic amines) is 1. The van der Waals surface area contributed by atoms with Gasteiger partial charge in [0, 0.05) is 24.4 Å². The van der Waals surface area contributed by atoms with Crippen LogP contribution in [-0.2, 0) is 4.79 Å². The number of nitrogens with one attached hydrogen (secondary N) is 1. The Balaban J connectivity index is 1.28. The molecule has 134 valence electrons. The van der Waals surface area contributed by atoms with Gasteiger partial charge >= 0.3 is 0 Å². The van der Waals surface area contributed by atoms with Crippen molar-refractivity contribution in [2.75, 3.05) is 19.7 Å². The van der Waals surface area contributed by atoms with Crippen molar-refractivity contribution in [3.63, 3.8) is 0 Å². The first-order valence-corrected chi connectivity index (χ1v) is 9.57. The van der Waals surface area contributed by atoms with E-state index < -0.39 is 0 Å². The summed E-state index contributed by atoms with van der Waals surface area (Å²) in [6.07, 6.45) is 5.76. The molecule has 2 fully saturated rings. The summed E-state index contributed by atoms with van der Waals surface area (Å²) in [5.74, 6) is 1.40. The summed E-state index contributed by atoms with van der Waals surface area (Å²) in [5, 5.41) is 4.29. The molecule has 1 saturated carbocycles. The summed E-state index contributed by atoms with van der Waals surface area (Å²) in [6, 6.07) is 8.87. The van der Waals surface area contributed by atoms with Gasteiger partial charge in [0.25, 0.3) is 0 Å². The second-order valence-corrected chi connectivity index (χ2v) is 7.52. The third-order valence-electron chi connectivity index (χ3n) is 5.95. The largest absolute Gasteiger partial charge is 0.494 e. The highest BCUT2D eigenvalue weighted by molar-refractivity contribution is 6.07. The first-order valence-electron chi connectivity index (χ1n) is 9.57. The van der Waals surface area contributed by atoms with E-state index in [-0.39, 0.29) is 11.8 Å². The van der Waals surface area contributed by atoms with Gasteiger partial charge in [-0.05, 0) is 75.4 Å². The number of hydrogen-bond donors (Lipinski definition) is 1. The number of amides is 1. The van der Waals surface area contributed by atoms with Crippen LogP contribution in [0, 0.1) is 11.8 Å². The molecule has 3 aliphatic rings. The zero-order valence-electron chi connectivity index (χ0n) is 14.9. The number of nitrogens with zero attached hydrogens (tertiary/aromatic N) is 2. The molecule has 1 aliphatic carbocycles. The Morgan fingerprint density at radius 1 is 1.20 bits per heavy atom. The van der Waals surface area contributed by atoms with E-state index in [1.54, 1.807) is 0 Å². The second-order valence-electron chi connectivity index (χ2n) is 7.52. The maximum absolute atomic E-state index is 11.7. The molecule has 1 amide bonds. The fourth-order valence-corrected chi connectivity index (χ4v) is 4.21. The Kier molecular flexibility index (Phi) is 4.75. The van der Waals surface area contributed by atoms with Crippen molar-refractivity contribution in [2.24, 2.45) is 16.9 Å². The lowest BCUT2D eigenvalue weighted by molar-refractivity contribution is -0.129. The van der Waals surface area contributed by atoms with Gasteiger partial charge in [-0.2, -0.15) is 5.10 Å². The summed E-state index contributed by atoms with van der Waals surface area (Å²) in [5.41, 5.74) is 4.77. The Morgan fingerprint density at radius 2 is 2.00 bits per heavy atom. The zero-order chi connectivity index (χ0) is 17.2. The van der Waals surface area contributed by atoms with Gasteiger partial charge in [-0.25, -0.2) is 5.43 Å². The van der Waals surface area contributed by atoms with E-state index in [4.69, 9.17) is 4.74 Å². The van der Waals surface area contributed by atoms with Crippen LogP contribution in [0.25, 0.3) is 0 Å². The Hall–Kier alpha value is -1.88. The maximum Gasteiger partial charge on any atom is 0.243 e. The zero-order valence-corrected chi connectivity index (χ0v) is 14.9. The van der Waals surface area contributed by atoms with Crippen LogP contribution < -0.4 is 10.2 Å². The van der Waals surface area contributed by atoms with Crippen molar-refractivity contribution in [2.45, 2.75) is 45.1 Å². The molecule has 3 unspecified atom stereocenters. The number of carbonyl (C=O) groups is 1. The van der Waals surface area contributed by atoms with Gasteiger partial charge in [-0.3, -0.25) is 4.79 Å². The lowest BCUT2D eigenvalue weighted by Crippen LogP contribution is -2.47. The van der Waals surface area contributed by atoms with Gasteiger partial charge in [-0.1, -0.05) is 0 Å². The van der Waals surface area contributed by atoms with Crippen LogP contribution in [-0.4, -0.2) is 42.3 Å². The summed E-state index contributed by atoms with van der Waals surface area (Å²) < 4.78 is 5.89. The van der Waals surface area contributed by atoms with E-state index in [0.29, 0.717) is 5.92 Å². The van der Waals surface area contributed by atoms with Crippen LogP contribution in [0.3, 0.4) is 0 Å². The van der Waals surface area contributed by atoms with E-state index in [9.17, 15) is 4.79 Å². The van der Waals surface area contributed by atoms with Gasteiger partial charge in [0.2, 0.25) is 5.91 Å². The van der Waals surface area contributed by atoms with Gasteiger partial charge in [0.15, 0.2) is 0 Å². The topological polar surface area (TPSA) is 53.9 Å². The highest BCUT2D eigenvalue weighted by atomic mass is 16.5. The minimum atomic E-state index is 0.0762. The number of carbonyl (C=O) groups excluding carboxylic acids is 1. The van der Waals surface area contributed by atoms with Crippen LogP contribution in [0.4, 0.5) is 0 Å². The molecule has 0 spiro atoms. The highest BCUT2D eigenvalue weighted by Gasteiger charge is 2.42. The molecular weight excluding hydrogens is 314 g/mol. The summed E-state index contributed by atoms with van der Waals surface area (Å²) in [6.45, 7) is 5.43. The minimum absolute atomic E-state index is 0.0762. The molecule has 0 bridgehead atoms. The van der Waals surface area contributed by atoms with Crippen molar-refractivity contribution >= 4 is 11.6 Å². The van der Waals surface area contributed by atoms with Crippen LogP contribution in [0.1, 0.15) is 44.6 Å². The number of benzene rings is 1. The van der Waals surface area contributed by atoms with E-state index >= 15 is 0 Å². The van der Waals surface area contributed by atoms with Crippen LogP contribution in [0.2, 0.25) is 0 Å². The van der Waals surface area contributed by atoms with Gasteiger partial charge < -0.3 is 9.64 Å². The number of rotatable bonds is 6. The van der Waals surface area contributed by atoms with Crippen LogP contribution in [0.5, 0.6) is 5.75 Å². The quantitative estimate of drug-likeness (QED) is 0.810. The highest BCUT2D eigenvalue weighted by Crippen LogP contribution is 2.39. The van der Waals surface area contributed by atoms with E-state index in [1.807, 2.05) is 12.1 Å². The third kappa shape index (κ3) is 3.43. The van der Waals surface area contributed by atoms with Crippen molar-refractivity contribution in [1.82, 2.24) is 10.3 Å². The van der Waals surface area contributed by atoms with E-state index in [2.05, 4.69) is 34.5 Å². The van der Waals surface area contributed by atoms with Gasteiger partial charge in [-0.15, -0.1) is 0 Å². The average Bonchev–Trinajstić information content (AvgIpc) is 2.99. The molecule has 1 aromatic rings. The SMILES string of the molecule is CC1CCCN1CCCOc1ccc(C2=NNC(=O)C3CCC23)cc1. The number of fused-ring (bicyclic) bond motifs is 1. The van der Waals surface area contributed by atoms with E-state index in [0.717, 1.165) is 55.5 Å². The minimum Gasteiger partial charge on any atom is -0.494 e. The summed E-state index contributed by atoms with van der Waals surface area (Å²) in [4.78, 5) is 14.3. The molecule has 5 heteroatoms. The molecule has 5 nitrogen and oxygen atoms in total. The fraction of sp³-hybridized carbons (Fsp3) is 0.600. The normalized spacial score (nSPS) is 28.8. The van der Waals surface area contributed by atoms with Crippen molar-refractivity contribution in [3.05, 3.63) is 29.8 Å². The van der Waals surface area contributed by atoms with E-state index in [1.165, 1.54) is 19.4 Å². The first-order chi connectivity index (χ1) is 12.2. The standard InChI is InChI=1S/C20H27N3O2/c1-14-4-2-11-23(14)12-3-13-25-16-7-5-15(6-8-16)19-17-9-10-18(17)20(24)22-21-19/h5-8,14,17-18H,2-4,9-13H2,1H3,(H,22,24). The summed E-state index contributed by atoms with van der Waals surface area (Å²) >= 11 is 0. The molecule has 1 aromatic carbocycles. The fourth-order valence-electron chi connectivity index (χ4n) is 4.21. The molecule has 1 saturated heterocycles. The van der Waals surface area contributed by atoms with Crippen molar-refractivity contribution in [3.8, 4) is 5.75 Å². The third-order valence-corrected chi connectivity index (χ3v) is 5.95. The Labute approximate surface area is 149 Å². The monoisotopic (exact) mass is 341 g/mol. The lowest BCUT2D eigenvalue weighted by Gasteiger charge is -2.38. The van der Waals surface area contributed by atoms with Gasteiger partial charge in [0.1, 0.15) is 5.75 Å². The molecule has 4 rings (SSSR count). The first kappa shape index (κ1) is 16.6. The molecular formula is C20H27N3O2. The summed E-state index contributed by atoms with van der Waals surface area (Å²) in [7, 11) is 0. The van der Waals surface area contributed by atoms with Crippen molar-refractivity contribution in [1.29, 1.82) is 0 Å². The lowest BCUT2D eigenvalue weighted by atomic mass is 9.68. The molecule has 3 atom stereocenters.